The summed E-state index contributed by atoms with van der Waals surface area (Å²) in [6, 6.07) is 8.21. The van der Waals surface area contributed by atoms with Gasteiger partial charge in [0.15, 0.2) is 0 Å². The number of hydrogen-bond donors (Lipinski definition) is 1. The maximum absolute atomic E-state index is 5.24. The van der Waals surface area contributed by atoms with Crippen molar-refractivity contribution in [1.82, 2.24) is 5.32 Å². The molecule has 0 aromatic heterocycles. The molecule has 0 fully saturated rings. The van der Waals surface area contributed by atoms with Crippen LogP contribution in [0.4, 0.5) is 5.69 Å². The second kappa shape index (κ2) is 8.81. The molecule has 0 unspecified atom stereocenters. The summed E-state index contributed by atoms with van der Waals surface area (Å²) in [5, 5.41) is 3.43. The van der Waals surface area contributed by atoms with E-state index in [1.165, 1.54) is 24.9 Å². The van der Waals surface area contributed by atoms with Crippen molar-refractivity contribution in [2.45, 2.75) is 26.2 Å². The molecule has 3 nitrogen and oxygen atoms in total. The second-order valence-electron chi connectivity index (χ2n) is 4.58. The SMILES string of the molecule is CCCNCCCCN(C)c1cccc(OC)c1. The zero-order valence-electron chi connectivity index (χ0n) is 11.9. The summed E-state index contributed by atoms with van der Waals surface area (Å²) < 4.78 is 5.24. The first-order chi connectivity index (χ1) is 8.77. The van der Waals surface area contributed by atoms with E-state index >= 15 is 0 Å². The zero-order chi connectivity index (χ0) is 13.2. The highest BCUT2D eigenvalue weighted by Gasteiger charge is 2.01. The number of anilines is 1. The van der Waals surface area contributed by atoms with Gasteiger partial charge in [-0.3, -0.25) is 0 Å². The summed E-state index contributed by atoms with van der Waals surface area (Å²) in [5.74, 6) is 0.920. The Morgan fingerprint density at radius 3 is 2.78 bits per heavy atom. The van der Waals surface area contributed by atoms with E-state index in [1.807, 2.05) is 12.1 Å². The molecule has 18 heavy (non-hydrogen) atoms. The Balaban J connectivity index is 2.25. The van der Waals surface area contributed by atoms with Gasteiger partial charge in [0.1, 0.15) is 5.75 Å². The fourth-order valence-corrected chi connectivity index (χ4v) is 1.88. The van der Waals surface area contributed by atoms with Crippen molar-refractivity contribution in [2.75, 3.05) is 38.7 Å². The molecule has 1 aromatic rings. The maximum Gasteiger partial charge on any atom is 0.120 e. The molecular weight excluding hydrogens is 224 g/mol. The van der Waals surface area contributed by atoms with Crippen LogP contribution in [0.3, 0.4) is 0 Å². The average molecular weight is 250 g/mol. The first-order valence-electron chi connectivity index (χ1n) is 6.84. The van der Waals surface area contributed by atoms with Crippen molar-refractivity contribution in [2.24, 2.45) is 0 Å². The van der Waals surface area contributed by atoms with E-state index in [-0.39, 0.29) is 0 Å². The van der Waals surface area contributed by atoms with Crippen molar-refractivity contribution >= 4 is 5.69 Å². The molecule has 1 aromatic carbocycles. The number of unbranched alkanes of at least 4 members (excludes halogenated alkanes) is 1. The molecular formula is C15H26N2O. The molecule has 1 rings (SSSR count). The van der Waals surface area contributed by atoms with Gasteiger partial charge < -0.3 is 15.0 Å². The highest BCUT2D eigenvalue weighted by molar-refractivity contribution is 5.49. The van der Waals surface area contributed by atoms with E-state index in [2.05, 4.69) is 36.3 Å². The molecule has 0 saturated heterocycles. The largest absolute Gasteiger partial charge is 0.497 e. The third-order valence-corrected chi connectivity index (χ3v) is 3.02. The molecule has 102 valence electrons. The second-order valence-corrected chi connectivity index (χ2v) is 4.58. The van der Waals surface area contributed by atoms with Crippen LogP contribution >= 0.6 is 0 Å². The van der Waals surface area contributed by atoms with E-state index in [9.17, 15) is 0 Å². The maximum atomic E-state index is 5.24. The molecule has 0 atom stereocenters. The Hall–Kier alpha value is -1.22. The normalized spacial score (nSPS) is 10.4. The highest BCUT2D eigenvalue weighted by atomic mass is 16.5. The Morgan fingerprint density at radius 2 is 2.06 bits per heavy atom. The first kappa shape index (κ1) is 14.8. The molecule has 0 bridgehead atoms. The molecule has 0 aliphatic heterocycles. The van der Waals surface area contributed by atoms with Crippen LogP contribution in [0.2, 0.25) is 0 Å². The van der Waals surface area contributed by atoms with Gasteiger partial charge in [0, 0.05) is 25.3 Å². The quantitative estimate of drug-likeness (QED) is 0.682. The van der Waals surface area contributed by atoms with Crippen molar-refractivity contribution in [3.63, 3.8) is 0 Å². The predicted octanol–water partition coefficient (Wildman–Crippen LogP) is 2.91. The first-order valence-corrected chi connectivity index (χ1v) is 6.84. The van der Waals surface area contributed by atoms with Gasteiger partial charge in [-0.25, -0.2) is 0 Å². The lowest BCUT2D eigenvalue weighted by molar-refractivity contribution is 0.415. The lowest BCUT2D eigenvalue weighted by Gasteiger charge is -2.19. The summed E-state index contributed by atoms with van der Waals surface area (Å²) in [6.45, 7) is 5.54. The van der Waals surface area contributed by atoms with Gasteiger partial charge in [-0.05, 0) is 44.5 Å². The van der Waals surface area contributed by atoms with Gasteiger partial charge in [0.25, 0.3) is 0 Å². The van der Waals surface area contributed by atoms with Crippen molar-refractivity contribution < 1.29 is 4.74 Å². The monoisotopic (exact) mass is 250 g/mol. The van der Waals surface area contributed by atoms with Crippen LogP contribution in [0.25, 0.3) is 0 Å². The van der Waals surface area contributed by atoms with Crippen LogP contribution in [0, 0.1) is 0 Å². The summed E-state index contributed by atoms with van der Waals surface area (Å²) in [5.41, 5.74) is 1.22. The minimum atomic E-state index is 0.920. The smallest absolute Gasteiger partial charge is 0.120 e. The van der Waals surface area contributed by atoms with Crippen molar-refractivity contribution in [1.29, 1.82) is 0 Å². The van der Waals surface area contributed by atoms with Crippen LogP contribution in [-0.4, -0.2) is 33.8 Å². The van der Waals surface area contributed by atoms with Gasteiger partial charge in [0.05, 0.1) is 7.11 Å². The fourth-order valence-electron chi connectivity index (χ4n) is 1.88. The van der Waals surface area contributed by atoms with Gasteiger partial charge in [-0.2, -0.15) is 0 Å². The zero-order valence-corrected chi connectivity index (χ0v) is 11.9. The minimum absolute atomic E-state index is 0.920. The molecule has 0 aliphatic rings. The Kier molecular flexibility index (Phi) is 7.26. The van der Waals surface area contributed by atoms with E-state index in [0.29, 0.717) is 0 Å². The Bertz CT molecular complexity index is 328. The van der Waals surface area contributed by atoms with Gasteiger partial charge >= 0.3 is 0 Å². The highest BCUT2D eigenvalue weighted by Crippen LogP contribution is 2.19. The lowest BCUT2D eigenvalue weighted by atomic mass is 10.2. The van der Waals surface area contributed by atoms with Crippen LogP contribution in [0.1, 0.15) is 26.2 Å². The fraction of sp³-hybridized carbons (Fsp3) is 0.600. The molecule has 0 amide bonds. The number of hydrogen-bond acceptors (Lipinski definition) is 3. The summed E-state index contributed by atoms with van der Waals surface area (Å²) in [6.07, 6.45) is 3.66. The lowest BCUT2D eigenvalue weighted by Crippen LogP contribution is -2.21. The molecule has 0 saturated carbocycles. The third kappa shape index (κ3) is 5.41. The van der Waals surface area contributed by atoms with Gasteiger partial charge in [-0.15, -0.1) is 0 Å². The molecule has 0 aliphatic carbocycles. The predicted molar refractivity (Wildman–Crippen MR) is 78.7 cm³/mol. The molecule has 1 N–H and O–H groups in total. The number of methoxy groups -OCH3 is 1. The van der Waals surface area contributed by atoms with Crippen LogP contribution in [0.5, 0.6) is 5.75 Å². The van der Waals surface area contributed by atoms with E-state index in [0.717, 1.165) is 25.4 Å². The summed E-state index contributed by atoms with van der Waals surface area (Å²) in [4.78, 5) is 2.28. The Labute approximate surface area is 111 Å². The van der Waals surface area contributed by atoms with E-state index < -0.39 is 0 Å². The molecule has 3 heteroatoms. The van der Waals surface area contributed by atoms with Gasteiger partial charge in [-0.1, -0.05) is 13.0 Å². The standard InChI is InChI=1S/C15H26N2O/c1-4-10-16-11-5-6-12-17(2)14-8-7-9-15(13-14)18-3/h7-9,13,16H,4-6,10-12H2,1-3H3. The average Bonchev–Trinajstić information content (AvgIpc) is 2.42. The van der Waals surface area contributed by atoms with Crippen molar-refractivity contribution in [3.05, 3.63) is 24.3 Å². The molecule has 0 spiro atoms. The number of nitrogens with zero attached hydrogens (tertiary/aromatic N) is 1. The van der Waals surface area contributed by atoms with Gasteiger partial charge in [0.2, 0.25) is 0 Å². The molecule has 0 heterocycles. The van der Waals surface area contributed by atoms with Crippen LogP contribution < -0.4 is 15.0 Å². The number of nitrogens with one attached hydrogen (secondary N) is 1. The Morgan fingerprint density at radius 1 is 1.22 bits per heavy atom. The van der Waals surface area contributed by atoms with Crippen LogP contribution in [-0.2, 0) is 0 Å². The number of ether oxygens (including phenoxy) is 1. The molecule has 0 radical (unpaired) electrons. The summed E-state index contributed by atoms with van der Waals surface area (Å²) >= 11 is 0. The van der Waals surface area contributed by atoms with E-state index in [1.54, 1.807) is 7.11 Å². The topological polar surface area (TPSA) is 24.5 Å². The van der Waals surface area contributed by atoms with Crippen LogP contribution in [0.15, 0.2) is 24.3 Å². The number of benzene rings is 1. The minimum Gasteiger partial charge on any atom is -0.497 e. The summed E-state index contributed by atoms with van der Waals surface area (Å²) in [7, 11) is 3.84. The van der Waals surface area contributed by atoms with E-state index in [4.69, 9.17) is 4.74 Å². The number of rotatable bonds is 9. The van der Waals surface area contributed by atoms with Crippen molar-refractivity contribution in [3.8, 4) is 5.75 Å². The third-order valence-electron chi connectivity index (χ3n) is 3.02.